The van der Waals surface area contributed by atoms with E-state index in [1.165, 1.54) is 10.6 Å². The quantitative estimate of drug-likeness (QED) is 0.803. The average Bonchev–Trinajstić information content (AvgIpc) is 2.74. The zero-order valence-electron chi connectivity index (χ0n) is 9.70. The van der Waals surface area contributed by atoms with E-state index in [4.69, 9.17) is 9.72 Å². The summed E-state index contributed by atoms with van der Waals surface area (Å²) in [4.78, 5) is 8.45. The molecule has 1 fully saturated rings. The maximum Gasteiger partial charge on any atom is 0.185 e. The molecule has 0 spiro atoms. The highest BCUT2D eigenvalue weighted by Gasteiger charge is 2.19. The number of nitrogens with zero attached hydrogens (tertiary/aromatic N) is 2. The van der Waals surface area contributed by atoms with Crippen LogP contribution in [0.25, 0.3) is 0 Å². The SMILES string of the molecule is CC(C)c1nc(N2CCOCC2)sc1CBr. The second-order valence-corrected chi connectivity index (χ2v) is 5.82. The van der Waals surface area contributed by atoms with Gasteiger partial charge in [0.05, 0.1) is 18.9 Å². The zero-order valence-corrected chi connectivity index (χ0v) is 12.1. The van der Waals surface area contributed by atoms with Crippen molar-refractivity contribution in [2.24, 2.45) is 0 Å². The number of hydrogen-bond donors (Lipinski definition) is 0. The maximum absolute atomic E-state index is 5.36. The number of anilines is 1. The highest BCUT2D eigenvalue weighted by molar-refractivity contribution is 9.08. The first-order chi connectivity index (χ1) is 7.72. The number of morpholine rings is 1. The summed E-state index contributed by atoms with van der Waals surface area (Å²) in [6, 6.07) is 0. The molecule has 1 aromatic heterocycles. The van der Waals surface area contributed by atoms with E-state index in [9.17, 15) is 0 Å². The third-order valence-corrected chi connectivity index (χ3v) is 4.73. The number of hydrogen-bond acceptors (Lipinski definition) is 4. The summed E-state index contributed by atoms with van der Waals surface area (Å²) in [6.45, 7) is 7.97. The summed E-state index contributed by atoms with van der Waals surface area (Å²) in [5.41, 5.74) is 1.24. The number of alkyl halides is 1. The highest BCUT2D eigenvalue weighted by Crippen LogP contribution is 2.32. The standard InChI is InChI=1S/C11H17BrN2OS/c1-8(2)10-9(7-12)16-11(13-10)14-3-5-15-6-4-14/h8H,3-7H2,1-2H3. The molecule has 1 aliphatic rings. The lowest BCUT2D eigenvalue weighted by Gasteiger charge is -2.26. The Bertz CT molecular complexity index is 348. The van der Waals surface area contributed by atoms with Crippen molar-refractivity contribution in [3.8, 4) is 0 Å². The van der Waals surface area contributed by atoms with Crippen molar-refractivity contribution < 1.29 is 4.74 Å². The van der Waals surface area contributed by atoms with Gasteiger partial charge in [-0.15, -0.1) is 11.3 Å². The van der Waals surface area contributed by atoms with Crippen molar-refractivity contribution in [2.75, 3.05) is 31.2 Å². The Kier molecular flexibility index (Phi) is 4.21. The molecule has 0 saturated carbocycles. The second-order valence-electron chi connectivity index (χ2n) is 4.19. The Morgan fingerprint density at radius 3 is 2.62 bits per heavy atom. The first-order valence-electron chi connectivity index (χ1n) is 5.60. The summed E-state index contributed by atoms with van der Waals surface area (Å²) >= 11 is 5.35. The number of rotatable bonds is 3. The molecule has 1 aliphatic heterocycles. The number of thiazole rings is 1. The largest absolute Gasteiger partial charge is 0.378 e. The first kappa shape index (κ1) is 12.3. The Labute approximate surface area is 109 Å². The van der Waals surface area contributed by atoms with Gasteiger partial charge in [0.1, 0.15) is 0 Å². The Morgan fingerprint density at radius 1 is 1.44 bits per heavy atom. The Balaban J connectivity index is 2.20. The molecule has 0 radical (unpaired) electrons. The van der Waals surface area contributed by atoms with Gasteiger partial charge in [0.15, 0.2) is 5.13 Å². The fraction of sp³-hybridized carbons (Fsp3) is 0.727. The van der Waals surface area contributed by atoms with Crippen LogP contribution in [0.2, 0.25) is 0 Å². The van der Waals surface area contributed by atoms with Crippen LogP contribution in [0.15, 0.2) is 0 Å². The molecule has 0 amide bonds. The predicted molar refractivity (Wildman–Crippen MR) is 71.9 cm³/mol. The van der Waals surface area contributed by atoms with Crippen LogP contribution in [0.3, 0.4) is 0 Å². The minimum atomic E-state index is 0.499. The van der Waals surface area contributed by atoms with Crippen LogP contribution in [-0.4, -0.2) is 31.3 Å². The molecular weight excluding hydrogens is 288 g/mol. The van der Waals surface area contributed by atoms with Crippen molar-refractivity contribution in [3.05, 3.63) is 10.6 Å². The predicted octanol–water partition coefficient (Wildman–Crippen LogP) is 3.00. The van der Waals surface area contributed by atoms with Crippen molar-refractivity contribution in [2.45, 2.75) is 25.1 Å². The van der Waals surface area contributed by atoms with Crippen molar-refractivity contribution in [3.63, 3.8) is 0 Å². The molecule has 0 aromatic carbocycles. The Morgan fingerprint density at radius 2 is 2.12 bits per heavy atom. The third-order valence-electron chi connectivity index (χ3n) is 2.67. The van der Waals surface area contributed by atoms with Gasteiger partial charge >= 0.3 is 0 Å². The van der Waals surface area contributed by atoms with E-state index in [0.717, 1.165) is 36.8 Å². The molecule has 0 bridgehead atoms. The molecule has 0 atom stereocenters. The van der Waals surface area contributed by atoms with Gasteiger partial charge in [-0.1, -0.05) is 29.8 Å². The number of aromatic nitrogens is 1. The molecular formula is C11H17BrN2OS. The molecule has 0 unspecified atom stereocenters. The van der Waals surface area contributed by atoms with Crippen LogP contribution >= 0.6 is 27.3 Å². The molecule has 2 rings (SSSR count). The molecule has 3 nitrogen and oxygen atoms in total. The van der Waals surface area contributed by atoms with Crippen LogP contribution in [0, 0.1) is 0 Å². The van der Waals surface area contributed by atoms with Crippen molar-refractivity contribution >= 4 is 32.4 Å². The second kappa shape index (κ2) is 5.47. The minimum absolute atomic E-state index is 0.499. The highest BCUT2D eigenvalue weighted by atomic mass is 79.9. The van der Waals surface area contributed by atoms with E-state index in [2.05, 4.69) is 34.7 Å². The first-order valence-corrected chi connectivity index (χ1v) is 7.54. The number of ether oxygens (including phenoxy) is 1. The topological polar surface area (TPSA) is 25.4 Å². The fourth-order valence-corrected chi connectivity index (χ4v) is 3.53. The van der Waals surface area contributed by atoms with E-state index >= 15 is 0 Å². The molecule has 1 aromatic rings. The summed E-state index contributed by atoms with van der Waals surface area (Å²) in [7, 11) is 0. The van der Waals surface area contributed by atoms with Gasteiger partial charge in [-0.05, 0) is 5.92 Å². The normalized spacial score (nSPS) is 17.1. The monoisotopic (exact) mass is 304 g/mol. The molecule has 0 N–H and O–H groups in total. The van der Waals surface area contributed by atoms with Gasteiger partial charge in [-0.25, -0.2) is 4.98 Å². The van der Waals surface area contributed by atoms with E-state index in [0.29, 0.717) is 5.92 Å². The van der Waals surface area contributed by atoms with Gasteiger partial charge in [-0.2, -0.15) is 0 Å². The van der Waals surface area contributed by atoms with Gasteiger partial charge in [0, 0.05) is 23.3 Å². The molecule has 0 aliphatic carbocycles. The fourth-order valence-electron chi connectivity index (χ4n) is 1.79. The van der Waals surface area contributed by atoms with Crippen molar-refractivity contribution in [1.29, 1.82) is 0 Å². The summed E-state index contributed by atoms with van der Waals surface area (Å²) in [6.07, 6.45) is 0. The Hall–Kier alpha value is -0.130. The van der Waals surface area contributed by atoms with Crippen LogP contribution in [0.5, 0.6) is 0 Å². The lowest BCUT2D eigenvalue weighted by atomic mass is 10.1. The molecule has 16 heavy (non-hydrogen) atoms. The average molecular weight is 305 g/mol. The summed E-state index contributed by atoms with van der Waals surface area (Å²) in [5, 5.41) is 2.06. The van der Waals surface area contributed by atoms with E-state index in [1.807, 2.05) is 0 Å². The zero-order chi connectivity index (χ0) is 11.5. The van der Waals surface area contributed by atoms with Gasteiger partial charge in [0.2, 0.25) is 0 Å². The molecule has 90 valence electrons. The third kappa shape index (κ3) is 2.57. The summed E-state index contributed by atoms with van der Waals surface area (Å²) < 4.78 is 5.36. The van der Waals surface area contributed by atoms with Crippen LogP contribution in [0.4, 0.5) is 5.13 Å². The van der Waals surface area contributed by atoms with Crippen molar-refractivity contribution in [1.82, 2.24) is 4.98 Å². The smallest absolute Gasteiger partial charge is 0.185 e. The van der Waals surface area contributed by atoms with Crippen LogP contribution in [0.1, 0.15) is 30.3 Å². The maximum atomic E-state index is 5.36. The summed E-state index contributed by atoms with van der Waals surface area (Å²) in [5.74, 6) is 0.499. The van der Waals surface area contributed by atoms with E-state index in [1.54, 1.807) is 11.3 Å². The molecule has 2 heterocycles. The number of halogens is 1. The lowest BCUT2D eigenvalue weighted by Crippen LogP contribution is -2.36. The minimum Gasteiger partial charge on any atom is -0.378 e. The van der Waals surface area contributed by atoms with E-state index < -0.39 is 0 Å². The van der Waals surface area contributed by atoms with Crippen LogP contribution < -0.4 is 4.90 Å². The van der Waals surface area contributed by atoms with E-state index in [-0.39, 0.29) is 0 Å². The van der Waals surface area contributed by atoms with Gasteiger partial charge < -0.3 is 9.64 Å². The van der Waals surface area contributed by atoms with Gasteiger partial charge in [-0.3, -0.25) is 0 Å². The van der Waals surface area contributed by atoms with Crippen LogP contribution in [-0.2, 0) is 10.1 Å². The molecule has 5 heteroatoms. The van der Waals surface area contributed by atoms with Gasteiger partial charge in [0.25, 0.3) is 0 Å². The lowest BCUT2D eigenvalue weighted by molar-refractivity contribution is 0.122. The molecule has 1 saturated heterocycles.